The van der Waals surface area contributed by atoms with Gasteiger partial charge in [0.15, 0.2) is 0 Å². The number of thioether (sulfide) groups is 1. The van der Waals surface area contributed by atoms with Crippen LogP contribution in [0.5, 0.6) is 0 Å². The number of nitriles is 1. The van der Waals surface area contributed by atoms with Crippen molar-refractivity contribution >= 4 is 11.8 Å². The highest BCUT2D eigenvalue weighted by Crippen LogP contribution is 2.38. The zero-order valence-electron chi connectivity index (χ0n) is 10.5. The number of halogens is 1. The molecule has 0 saturated carbocycles. The summed E-state index contributed by atoms with van der Waals surface area (Å²) in [6.07, 6.45) is 4.17. The smallest absolute Gasteiger partial charge is 0.108 e. The van der Waals surface area contributed by atoms with E-state index in [2.05, 4.69) is 6.07 Å². The molecule has 94 valence electrons. The lowest BCUT2D eigenvalue weighted by atomic mass is 9.76. The second-order valence-electron chi connectivity index (χ2n) is 4.58. The fourth-order valence-corrected chi connectivity index (χ4v) is 2.69. The summed E-state index contributed by atoms with van der Waals surface area (Å²) in [5.74, 6) is -0.0290. The molecule has 2 atom stereocenters. The van der Waals surface area contributed by atoms with Crippen LogP contribution in [0.1, 0.15) is 26.7 Å². The molecule has 0 aliphatic heterocycles. The summed E-state index contributed by atoms with van der Waals surface area (Å²) in [6.45, 7) is 3.97. The summed E-state index contributed by atoms with van der Waals surface area (Å²) >= 11 is 1.34. The zero-order valence-corrected chi connectivity index (χ0v) is 11.4. The molecule has 17 heavy (non-hydrogen) atoms. The molecule has 1 aliphatic carbocycles. The summed E-state index contributed by atoms with van der Waals surface area (Å²) in [5.41, 5.74) is 7.08. The second kappa shape index (κ2) is 6.11. The first-order valence-electron chi connectivity index (χ1n) is 5.81. The van der Waals surface area contributed by atoms with E-state index in [1.807, 2.05) is 26.2 Å². The lowest BCUT2D eigenvalue weighted by Crippen LogP contribution is -2.28. The number of nitrogens with zero attached hydrogens (tertiary/aromatic N) is 1. The van der Waals surface area contributed by atoms with Crippen LogP contribution in [-0.4, -0.2) is 12.4 Å². The molecule has 0 saturated heterocycles. The van der Waals surface area contributed by atoms with Gasteiger partial charge in [0.2, 0.25) is 0 Å². The first-order valence-corrected chi connectivity index (χ1v) is 7.03. The zero-order chi connectivity index (χ0) is 13.0. The van der Waals surface area contributed by atoms with E-state index in [9.17, 15) is 9.65 Å². The fraction of sp³-hybridized carbons (Fsp3) is 0.615. The first-order chi connectivity index (χ1) is 8.02. The van der Waals surface area contributed by atoms with Crippen molar-refractivity contribution < 1.29 is 4.39 Å². The van der Waals surface area contributed by atoms with Gasteiger partial charge in [0, 0.05) is 5.92 Å². The summed E-state index contributed by atoms with van der Waals surface area (Å²) in [7, 11) is 0. The highest BCUT2D eigenvalue weighted by molar-refractivity contribution is 8.02. The number of alkyl halides is 1. The molecule has 0 bridgehead atoms. The Morgan fingerprint density at radius 1 is 1.65 bits per heavy atom. The van der Waals surface area contributed by atoms with Gasteiger partial charge in [-0.25, -0.2) is 4.39 Å². The lowest BCUT2D eigenvalue weighted by Gasteiger charge is -2.31. The normalized spacial score (nSPS) is 26.2. The van der Waals surface area contributed by atoms with Gasteiger partial charge in [-0.05, 0) is 30.6 Å². The van der Waals surface area contributed by atoms with Crippen LogP contribution >= 0.6 is 11.8 Å². The standard InChI is InChI=1S/C13H19FN2S/c1-8(2)12-9(5-4-6-11(12)14)10(7-15)13(16)17-3/h5,8,11-12H,4,6,16H2,1-3H3/b13-10-. The summed E-state index contributed by atoms with van der Waals surface area (Å²) in [5, 5.41) is 9.69. The molecule has 4 heteroatoms. The number of rotatable bonds is 3. The predicted molar refractivity (Wildman–Crippen MR) is 70.9 cm³/mol. The van der Waals surface area contributed by atoms with Crippen LogP contribution in [-0.2, 0) is 0 Å². The van der Waals surface area contributed by atoms with Crippen molar-refractivity contribution in [3.05, 3.63) is 22.3 Å². The van der Waals surface area contributed by atoms with Gasteiger partial charge in [-0.2, -0.15) is 5.26 Å². The first kappa shape index (κ1) is 14.1. The van der Waals surface area contributed by atoms with Crippen molar-refractivity contribution in [1.29, 1.82) is 5.26 Å². The minimum atomic E-state index is -0.868. The van der Waals surface area contributed by atoms with Crippen molar-refractivity contribution in [2.75, 3.05) is 6.26 Å². The van der Waals surface area contributed by atoms with E-state index in [1.165, 1.54) is 11.8 Å². The molecule has 0 aromatic carbocycles. The average molecular weight is 254 g/mol. The molecule has 0 heterocycles. The average Bonchev–Trinajstić information content (AvgIpc) is 2.29. The lowest BCUT2D eigenvalue weighted by molar-refractivity contribution is 0.191. The van der Waals surface area contributed by atoms with Crippen LogP contribution in [0.15, 0.2) is 22.3 Å². The maximum atomic E-state index is 14.0. The molecular weight excluding hydrogens is 235 g/mol. The molecule has 0 fully saturated rings. The number of allylic oxidation sites excluding steroid dienone is 3. The Bertz CT molecular complexity index is 379. The Morgan fingerprint density at radius 2 is 2.29 bits per heavy atom. The predicted octanol–water partition coefficient (Wildman–Crippen LogP) is 3.37. The van der Waals surface area contributed by atoms with Gasteiger partial charge in [0.25, 0.3) is 0 Å². The second-order valence-corrected chi connectivity index (χ2v) is 5.43. The van der Waals surface area contributed by atoms with E-state index >= 15 is 0 Å². The number of hydrogen-bond acceptors (Lipinski definition) is 3. The van der Waals surface area contributed by atoms with Gasteiger partial charge in [0.1, 0.15) is 12.2 Å². The molecule has 2 nitrogen and oxygen atoms in total. The van der Waals surface area contributed by atoms with Crippen molar-refractivity contribution in [3.63, 3.8) is 0 Å². The summed E-state index contributed by atoms with van der Waals surface area (Å²) in [6, 6.07) is 2.13. The van der Waals surface area contributed by atoms with Crippen molar-refractivity contribution in [2.24, 2.45) is 17.6 Å². The van der Waals surface area contributed by atoms with Gasteiger partial charge in [0.05, 0.1) is 10.6 Å². The minimum absolute atomic E-state index is 0.176. The summed E-state index contributed by atoms with van der Waals surface area (Å²) < 4.78 is 14.0. The molecule has 0 amide bonds. The van der Waals surface area contributed by atoms with Crippen LogP contribution in [0.4, 0.5) is 4.39 Å². The van der Waals surface area contributed by atoms with Crippen LogP contribution in [0.2, 0.25) is 0 Å². The van der Waals surface area contributed by atoms with Gasteiger partial charge in [-0.3, -0.25) is 0 Å². The van der Waals surface area contributed by atoms with Gasteiger partial charge >= 0.3 is 0 Å². The van der Waals surface area contributed by atoms with E-state index < -0.39 is 6.17 Å². The molecule has 1 rings (SSSR count). The van der Waals surface area contributed by atoms with E-state index in [0.717, 1.165) is 5.57 Å². The van der Waals surface area contributed by atoms with E-state index in [4.69, 9.17) is 5.73 Å². The molecule has 0 aromatic heterocycles. The van der Waals surface area contributed by atoms with Crippen molar-refractivity contribution in [3.8, 4) is 6.07 Å². The fourth-order valence-electron chi connectivity index (χ4n) is 2.32. The molecule has 0 aromatic rings. The molecule has 2 N–H and O–H groups in total. The molecule has 2 unspecified atom stereocenters. The maximum absolute atomic E-state index is 14.0. The van der Waals surface area contributed by atoms with Crippen LogP contribution in [0, 0.1) is 23.2 Å². The van der Waals surface area contributed by atoms with Crippen LogP contribution in [0.3, 0.4) is 0 Å². The number of hydrogen-bond donors (Lipinski definition) is 1. The Balaban J connectivity index is 3.18. The SMILES string of the molecule is CS/C(N)=C(/C#N)C1=CCCC(F)C1C(C)C. The minimum Gasteiger partial charge on any atom is -0.392 e. The Morgan fingerprint density at radius 3 is 2.76 bits per heavy atom. The van der Waals surface area contributed by atoms with Crippen LogP contribution in [0.25, 0.3) is 0 Å². The van der Waals surface area contributed by atoms with Crippen molar-refractivity contribution in [1.82, 2.24) is 0 Å². The Labute approximate surface area is 107 Å². The Kier molecular flexibility index (Phi) is 5.07. The largest absolute Gasteiger partial charge is 0.392 e. The Hall–Kier alpha value is -0.950. The number of nitrogens with two attached hydrogens (primary N) is 1. The van der Waals surface area contributed by atoms with Gasteiger partial charge < -0.3 is 5.73 Å². The third-order valence-electron chi connectivity index (χ3n) is 3.14. The highest BCUT2D eigenvalue weighted by atomic mass is 32.2. The maximum Gasteiger partial charge on any atom is 0.108 e. The molecule has 0 radical (unpaired) electrons. The highest BCUT2D eigenvalue weighted by Gasteiger charge is 2.32. The van der Waals surface area contributed by atoms with Gasteiger partial charge in [-0.15, -0.1) is 11.8 Å². The monoisotopic (exact) mass is 254 g/mol. The molecule has 0 spiro atoms. The van der Waals surface area contributed by atoms with E-state index in [1.54, 1.807) is 0 Å². The third-order valence-corrected chi connectivity index (χ3v) is 3.78. The molecular formula is C13H19FN2S. The van der Waals surface area contributed by atoms with Crippen molar-refractivity contribution in [2.45, 2.75) is 32.9 Å². The third kappa shape index (κ3) is 3.04. The molecule has 1 aliphatic rings. The topological polar surface area (TPSA) is 49.8 Å². The van der Waals surface area contributed by atoms with E-state index in [0.29, 0.717) is 23.4 Å². The quantitative estimate of drug-likeness (QED) is 0.785. The van der Waals surface area contributed by atoms with Gasteiger partial charge in [-0.1, -0.05) is 19.9 Å². The van der Waals surface area contributed by atoms with E-state index in [-0.39, 0.29) is 11.8 Å². The van der Waals surface area contributed by atoms with Crippen LogP contribution < -0.4 is 5.73 Å². The summed E-state index contributed by atoms with van der Waals surface area (Å²) in [4.78, 5) is 0.